The van der Waals surface area contributed by atoms with E-state index in [9.17, 15) is 22.8 Å². The lowest BCUT2D eigenvalue weighted by molar-refractivity contribution is -0.140. The van der Waals surface area contributed by atoms with E-state index in [1.165, 1.54) is 0 Å². The molecular formula is C15H23F3N2O3. The van der Waals surface area contributed by atoms with E-state index in [1.54, 1.807) is 25.7 Å². The molecule has 0 aromatic heterocycles. The average Bonchev–Trinajstić information content (AvgIpc) is 2.90. The van der Waals surface area contributed by atoms with Crippen LogP contribution in [0.3, 0.4) is 0 Å². The van der Waals surface area contributed by atoms with Crippen LogP contribution >= 0.6 is 0 Å². The Morgan fingerprint density at radius 1 is 1.13 bits per heavy atom. The van der Waals surface area contributed by atoms with Gasteiger partial charge in [0, 0.05) is 19.0 Å². The molecule has 8 heteroatoms. The highest BCUT2D eigenvalue weighted by Crippen LogP contribution is 2.42. The summed E-state index contributed by atoms with van der Waals surface area (Å²) in [5.41, 5.74) is -0.561. The third-order valence-corrected chi connectivity index (χ3v) is 4.24. The van der Waals surface area contributed by atoms with Gasteiger partial charge in [0.2, 0.25) is 5.91 Å². The van der Waals surface area contributed by atoms with E-state index in [0.717, 1.165) is 0 Å². The Kier molecular flexibility index (Phi) is 4.82. The quantitative estimate of drug-likeness (QED) is 0.843. The van der Waals surface area contributed by atoms with Crippen LogP contribution in [-0.4, -0.2) is 48.3 Å². The van der Waals surface area contributed by atoms with Crippen LogP contribution in [0.5, 0.6) is 0 Å². The van der Waals surface area contributed by atoms with Crippen molar-refractivity contribution in [3.8, 4) is 0 Å². The predicted molar refractivity (Wildman–Crippen MR) is 76.6 cm³/mol. The van der Waals surface area contributed by atoms with Gasteiger partial charge < -0.3 is 15.0 Å². The first-order valence-corrected chi connectivity index (χ1v) is 7.77. The number of hydrogen-bond donors (Lipinski definition) is 1. The summed E-state index contributed by atoms with van der Waals surface area (Å²) in [5, 5.41) is 1.95. The molecule has 1 saturated heterocycles. The Bertz CT molecular complexity index is 460. The summed E-state index contributed by atoms with van der Waals surface area (Å²) in [6.45, 7) is 5.10. The smallest absolute Gasteiger partial charge is 0.410 e. The maximum atomic E-state index is 12.1. The molecule has 0 aromatic carbocycles. The number of fused-ring (bicyclic) bond motifs is 1. The number of halogens is 3. The number of carbonyl (C=O) groups excluding carboxylic acids is 2. The van der Waals surface area contributed by atoms with Gasteiger partial charge in [0.25, 0.3) is 0 Å². The predicted octanol–water partition coefficient (Wildman–Crippen LogP) is 2.56. The van der Waals surface area contributed by atoms with E-state index in [4.69, 9.17) is 4.74 Å². The van der Waals surface area contributed by atoms with Crippen molar-refractivity contribution in [1.82, 2.24) is 10.2 Å². The first-order chi connectivity index (χ1) is 10.4. The van der Waals surface area contributed by atoms with E-state index < -0.39 is 30.1 Å². The number of likely N-dealkylation sites (tertiary alicyclic amines) is 1. The summed E-state index contributed by atoms with van der Waals surface area (Å²) in [4.78, 5) is 25.5. The van der Waals surface area contributed by atoms with Gasteiger partial charge in [-0.25, -0.2) is 4.79 Å². The molecule has 1 aliphatic heterocycles. The molecule has 1 heterocycles. The van der Waals surface area contributed by atoms with Crippen molar-refractivity contribution in [3.05, 3.63) is 0 Å². The van der Waals surface area contributed by atoms with Crippen LogP contribution in [-0.2, 0) is 9.53 Å². The number of rotatable bonds is 2. The molecule has 0 bridgehead atoms. The highest BCUT2D eigenvalue weighted by molar-refractivity contribution is 5.79. The van der Waals surface area contributed by atoms with Crippen LogP contribution in [0.25, 0.3) is 0 Å². The van der Waals surface area contributed by atoms with Crippen molar-refractivity contribution in [3.63, 3.8) is 0 Å². The molecule has 0 radical (unpaired) electrons. The number of nitrogens with one attached hydrogen (secondary N) is 1. The molecule has 1 N–H and O–H groups in total. The number of hydrogen-bond acceptors (Lipinski definition) is 3. The first-order valence-electron chi connectivity index (χ1n) is 7.77. The first kappa shape index (κ1) is 17.9. The summed E-state index contributed by atoms with van der Waals surface area (Å²) in [6, 6.07) is 0. The summed E-state index contributed by atoms with van der Waals surface area (Å²) in [7, 11) is 0. The largest absolute Gasteiger partial charge is 0.444 e. The normalized spacial score (nSPS) is 27.7. The summed E-state index contributed by atoms with van der Waals surface area (Å²) in [5.74, 6) is -0.623. The van der Waals surface area contributed by atoms with Crippen molar-refractivity contribution >= 4 is 12.0 Å². The molecule has 0 spiro atoms. The van der Waals surface area contributed by atoms with Crippen molar-refractivity contribution < 1.29 is 27.5 Å². The van der Waals surface area contributed by atoms with E-state index in [1.807, 2.05) is 5.32 Å². The molecule has 132 valence electrons. The fourth-order valence-corrected chi connectivity index (χ4v) is 3.32. The van der Waals surface area contributed by atoms with Crippen LogP contribution in [0.4, 0.5) is 18.0 Å². The van der Waals surface area contributed by atoms with Crippen LogP contribution in [0, 0.1) is 17.8 Å². The summed E-state index contributed by atoms with van der Waals surface area (Å²) < 4.78 is 41.7. The monoisotopic (exact) mass is 336 g/mol. The second-order valence-electron chi connectivity index (χ2n) is 7.41. The molecule has 1 saturated carbocycles. The van der Waals surface area contributed by atoms with Crippen molar-refractivity contribution in [1.29, 1.82) is 0 Å². The van der Waals surface area contributed by atoms with Gasteiger partial charge in [-0.3, -0.25) is 4.79 Å². The summed E-state index contributed by atoms with van der Waals surface area (Å²) >= 11 is 0. The number of carbonyl (C=O) groups is 2. The highest BCUT2D eigenvalue weighted by atomic mass is 19.4. The Hall–Kier alpha value is -1.47. The van der Waals surface area contributed by atoms with E-state index in [-0.39, 0.29) is 17.9 Å². The second kappa shape index (κ2) is 6.20. The molecule has 2 rings (SSSR count). The minimum Gasteiger partial charge on any atom is -0.444 e. The number of ether oxygens (including phenoxy) is 1. The SMILES string of the molecule is CC(C)(C)OC(=O)N1CC2CC(C(=O)NCC(F)(F)F)CC2C1. The maximum absolute atomic E-state index is 12.1. The van der Waals surface area contributed by atoms with Crippen LogP contribution in [0.1, 0.15) is 33.6 Å². The second-order valence-corrected chi connectivity index (χ2v) is 7.41. The molecule has 5 nitrogen and oxygen atoms in total. The molecule has 1 aliphatic carbocycles. The zero-order valence-electron chi connectivity index (χ0n) is 13.6. The molecule has 2 fully saturated rings. The Morgan fingerprint density at radius 2 is 1.65 bits per heavy atom. The lowest BCUT2D eigenvalue weighted by Gasteiger charge is -2.25. The lowest BCUT2D eigenvalue weighted by Crippen LogP contribution is -2.38. The Balaban J connectivity index is 1.81. The van der Waals surface area contributed by atoms with E-state index in [2.05, 4.69) is 0 Å². The highest BCUT2D eigenvalue weighted by Gasteiger charge is 2.45. The third-order valence-electron chi connectivity index (χ3n) is 4.24. The van der Waals surface area contributed by atoms with Crippen molar-refractivity contribution in [2.75, 3.05) is 19.6 Å². The van der Waals surface area contributed by atoms with Crippen LogP contribution in [0.2, 0.25) is 0 Å². The average molecular weight is 336 g/mol. The fraction of sp³-hybridized carbons (Fsp3) is 0.867. The molecule has 2 aliphatic rings. The molecule has 0 aromatic rings. The van der Waals surface area contributed by atoms with Crippen LogP contribution < -0.4 is 5.32 Å². The van der Waals surface area contributed by atoms with Gasteiger partial charge in [0.1, 0.15) is 12.1 Å². The summed E-state index contributed by atoms with van der Waals surface area (Å²) in [6.07, 6.45) is -3.72. The standard InChI is InChI=1S/C15H23F3N2O3/c1-14(2,3)23-13(22)20-6-10-4-9(5-11(10)7-20)12(21)19-8-15(16,17)18/h9-11H,4-8H2,1-3H3,(H,19,21). The topological polar surface area (TPSA) is 58.6 Å². The molecule has 2 amide bonds. The lowest BCUT2D eigenvalue weighted by atomic mass is 10.0. The minimum atomic E-state index is -4.39. The number of amides is 2. The maximum Gasteiger partial charge on any atom is 0.410 e. The fourth-order valence-electron chi connectivity index (χ4n) is 3.32. The molecule has 23 heavy (non-hydrogen) atoms. The number of alkyl halides is 3. The van der Waals surface area contributed by atoms with Gasteiger partial charge in [-0.1, -0.05) is 0 Å². The van der Waals surface area contributed by atoms with Gasteiger partial charge in [-0.2, -0.15) is 13.2 Å². The molecule has 2 atom stereocenters. The van der Waals surface area contributed by atoms with Gasteiger partial charge >= 0.3 is 12.3 Å². The van der Waals surface area contributed by atoms with E-state index >= 15 is 0 Å². The number of nitrogens with zero attached hydrogens (tertiary/aromatic N) is 1. The molecule has 2 unspecified atom stereocenters. The van der Waals surface area contributed by atoms with Gasteiger partial charge in [0.05, 0.1) is 0 Å². The Morgan fingerprint density at radius 3 is 2.09 bits per heavy atom. The van der Waals surface area contributed by atoms with Gasteiger partial charge in [0.15, 0.2) is 0 Å². The van der Waals surface area contributed by atoms with Gasteiger partial charge in [-0.15, -0.1) is 0 Å². The van der Waals surface area contributed by atoms with Gasteiger partial charge in [-0.05, 0) is 45.4 Å². The van der Waals surface area contributed by atoms with Crippen molar-refractivity contribution in [2.45, 2.75) is 45.4 Å². The zero-order chi connectivity index (χ0) is 17.4. The Labute approximate surface area is 133 Å². The van der Waals surface area contributed by atoms with E-state index in [0.29, 0.717) is 25.9 Å². The zero-order valence-corrected chi connectivity index (χ0v) is 13.6. The van der Waals surface area contributed by atoms with Crippen LogP contribution in [0.15, 0.2) is 0 Å². The van der Waals surface area contributed by atoms with Crippen molar-refractivity contribution in [2.24, 2.45) is 17.8 Å². The third kappa shape index (κ3) is 5.00. The minimum absolute atomic E-state index is 0.157. The molecular weight excluding hydrogens is 313 g/mol.